The van der Waals surface area contributed by atoms with Crippen molar-refractivity contribution in [3.63, 3.8) is 0 Å². The molecule has 6 nitrogen and oxygen atoms in total. The summed E-state index contributed by atoms with van der Waals surface area (Å²) >= 11 is 0. The van der Waals surface area contributed by atoms with E-state index in [4.69, 9.17) is 0 Å². The normalized spacial score (nSPS) is 22.6. The molecule has 178 valence electrons. The summed E-state index contributed by atoms with van der Waals surface area (Å²) in [5, 5.41) is 0. The van der Waals surface area contributed by atoms with Crippen LogP contribution >= 0.6 is 0 Å². The molecule has 2 atom stereocenters. The Kier molecular flexibility index (Phi) is 6.83. The van der Waals surface area contributed by atoms with Gasteiger partial charge in [0.05, 0.1) is 6.26 Å². The Bertz CT molecular complexity index is 1140. The number of para-hydroxylation sites is 1. The highest BCUT2D eigenvalue weighted by Crippen LogP contribution is 2.33. The van der Waals surface area contributed by atoms with Gasteiger partial charge in [0.25, 0.3) is 0 Å². The van der Waals surface area contributed by atoms with Crippen LogP contribution in [-0.4, -0.2) is 55.0 Å². The van der Waals surface area contributed by atoms with Crippen LogP contribution in [0, 0.1) is 11.6 Å². The van der Waals surface area contributed by atoms with Crippen molar-refractivity contribution in [1.29, 1.82) is 0 Å². The maximum absolute atomic E-state index is 13.9. The molecule has 0 aromatic heterocycles. The average molecular weight is 478 g/mol. The molecular weight excluding hydrogens is 448 g/mol. The lowest BCUT2D eigenvalue weighted by Crippen LogP contribution is -2.46. The summed E-state index contributed by atoms with van der Waals surface area (Å²) in [6.45, 7) is 3.17. The van der Waals surface area contributed by atoms with E-state index in [1.54, 1.807) is 15.3 Å². The smallest absolute Gasteiger partial charge is 0.223 e. The molecule has 2 heterocycles. The zero-order valence-corrected chi connectivity index (χ0v) is 19.7. The number of halogens is 2. The van der Waals surface area contributed by atoms with Gasteiger partial charge < -0.3 is 4.90 Å². The van der Waals surface area contributed by atoms with E-state index in [1.807, 2.05) is 24.3 Å². The summed E-state index contributed by atoms with van der Waals surface area (Å²) in [4.78, 5) is 16.3. The number of amides is 1. The number of carbonyl (C=O) groups excluding carboxylic acids is 1. The van der Waals surface area contributed by atoms with Gasteiger partial charge in [0, 0.05) is 50.9 Å². The third kappa shape index (κ3) is 5.26. The number of rotatable bonds is 3. The van der Waals surface area contributed by atoms with E-state index < -0.39 is 21.7 Å². The Morgan fingerprint density at radius 2 is 1.76 bits per heavy atom. The summed E-state index contributed by atoms with van der Waals surface area (Å²) in [5.74, 6) is -1.91. The molecule has 2 aromatic carbocycles. The van der Waals surface area contributed by atoms with Gasteiger partial charge in [0.15, 0.2) is 11.6 Å². The molecular formula is C24H29F2N3O3S. The topological polar surface area (TPSA) is 60.9 Å². The number of fused-ring (bicyclic) bond motifs is 3. The number of benzene rings is 2. The van der Waals surface area contributed by atoms with Gasteiger partial charge in [-0.25, -0.2) is 17.2 Å². The van der Waals surface area contributed by atoms with Crippen molar-refractivity contribution in [2.24, 2.45) is 0 Å². The van der Waals surface area contributed by atoms with Crippen LogP contribution in [0.2, 0.25) is 0 Å². The molecule has 0 spiro atoms. The highest BCUT2D eigenvalue weighted by molar-refractivity contribution is 7.88. The summed E-state index contributed by atoms with van der Waals surface area (Å²) in [7, 11) is -3.46. The van der Waals surface area contributed by atoms with Crippen molar-refractivity contribution in [3.8, 4) is 0 Å². The van der Waals surface area contributed by atoms with Gasteiger partial charge in [0.1, 0.15) is 0 Å². The molecule has 1 saturated heterocycles. The minimum absolute atomic E-state index is 0.102. The first-order valence-electron chi connectivity index (χ1n) is 11.1. The third-order valence-electron chi connectivity index (χ3n) is 6.54. The van der Waals surface area contributed by atoms with Gasteiger partial charge in [-0.05, 0) is 48.6 Å². The van der Waals surface area contributed by atoms with Crippen molar-refractivity contribution >= 4 is 21.6 Å². The first kappa shape index (κ1) is 23.8. The van der Waals surface area contributed by atoms with E-state index in [0.717, 1.165) is 23.7 Å². The van der Waals surface area contributed by atoms with Crippen LogP contribution in [0.4, 0.5) is 14.5 Å². The van der Waals surface area contributed by atoms with Gasteiger partial charge in [-0.2, -0.15) is 4.31 Å². The fourth-order valence-corrected chi connectivity index (χ4v) is 6.64. The van der Waals surface area contributed by atoms with E-state index in [-0.39, 0.29) is 18.0 Å². The van der Waals surface area contributed by atoms with Gasteiger partial charge in [-0.1, -0.05) is 24.3 Å². The van der Waals surface area contributed by atoms with Crippen molar-refractivity contribution in [2.75, 3.05) is 24.2 Å². The van der Waals surface area contributed by atoms with Gasteiger partial charge in [-0.3, -0.25) is 9.69 Å². The van der Waals surface area contributed by atoms with E-state index in [0.29, 0.717) is 44.6 Å². The Morgan fingerprint density at radius 3 is 2.45 bits per heavy atom. The molecule has 0 unspecified atom stereocenters. The second-order valence-corrected chi connectivity index (χ2v) is 10.9. The number of hydrogen-bond acceptors (Lipinski definition) is 4. The largest absolute Gasteiger partial charge is 0.312 e. The summed E-state index contributed by atoms with van der Waals surface area (Å²) in [6.07, 6.45) is 3.23. The van der Waals surface area contributed by atoms with Crippen molar-refractivity contribution < 1.29 is 22.0 Å². The van der Waals surface area contributed by atoms with Gasteiger partial charge in [-0.15, -0.1) is 0 Å². The van der Waals surface area contributed by atoms with Crippen LogP contribution in [0.15, 0.2) is 42.5 Å². The van der Waals surface area contributed by atoms with Crippen LogP contribution in [0.3, 0.4) is 0 Å². The van der Waals surface area contributed by atoms with E-state index in [1.165, 1.54) is 19.2 Å². The quantitative estimate of drug-likeness (QED) is 0.679. The number of carbonyl (C=O) groups is 1. The van der Waals surface area contributed by atoms with Crippen LogP contribution in [0.25, 0.3) is 0 Å². The predicted octanol–water partition coefficient (Wildman–Crippen LogP) is 3.52. The third-order valence-corrected chi connectivity index (χ3v) is 7.90. The molecule has 0 N–H and O–H groups in total. The first-order valence-corrected chi connectivity index (χ1v) is 13.0. The SMILES string of the molecule is CC(=O)N1CC[C@H]2CC[C@@H](CN(Cc3ccc(F)c(F)c3)Cc3ccccc31)N2S(C)(=O)=O. The number of hydrogen-bond donors (Lipinski definition) is 0. The van der Waals surface area contributed by atoms with Crippen LogP contribution < -0.4 is 4.90 Å². The Labute approximate surface area is 193 Å². The van der Waals surface area contributed by atoms with Crippen LogP contribution in [0.5, 0.6) is 0 Å². The lowest BCUT2D eigenvalue weighted by atomic mass is 10.1. The van der Waals surface area contributed by atoms with Gasteiger partial charge >= 0.3 is 0 Å². The second-order valence-electron chi connectivity index (χ2n) is 8.98. The maximum atomic E-state index is 13.9. The molecule has 4 rings (SSSR count). The zero-order chi connectivity index (χ0) is 23.8. The Hall–Kier alpha value is -2.36. The lowest BCUT2D eigenvalue weighted by Gasteiger charge is -2.32. The Balaban J connectivity index is 1.75. The van der Waals surface area contributed by atoms with Crippen LogP contribution in [-0.2, 0) is 27.9 Å². The second kappa shape index (κ2) is 9.48. The number of sulfonamides is 1. The summed E-state index contributed by atoms with van der Waals surface area (Å²) < 4.78 is 54.4. The lowest BCUT2D eigenvalue weighted by molar-refractivity contribution is -0.116. The highest BCUT2D eigenvalue weighted by atomic mass is 32.2. The molecule has 0 saturated carbocycles. The molecule has 1 amide bonds. The number of anilines is 1. The fourth-order valence-electron chi connectivity index (χ4n) is 5.18. The standard InChI is InChI=1S/C24H29F2N3O3S/c1-17(30)28-12-11-20-8-9-21(29(20)33(2,31)32)16-27(15-19-5-3-4-6-24(19)28)14-18-7-10-22(25)23(26)13-18/h3-7,10,13,20-21H,8-9,11-12,14-16H2,1-2H3/t20-,21+/m1/s1. The molecule has 33 heavy (non-hydrogen) atoms. The average Bonchev–Trinajstić information content (AvgIpc) is 3.13. The van der Waals surface area contributed by atoms with E-state index >= 15 is 0 Å². The van der Waals surface area contributed by atoms with E-state index in [9.17, 15) is 22.0 Å². The fraction of sp³-hybridized carbons (Fsp3) is 0.458. The van der Waals surface area contributed by atoms with Crippen molar-refractivity contribution in [1.82, 2.24) is 9.21 Å². The highest BCUT2D eigenvalue weighted by Gasteiger charge is 2.40. The molecule has 0 aliphatic carbocycles. The predicted molar refractivity (Wildman–Crippen MR) is 123 cm³/mol. The zero-order valence-electron chi connectivity index (χ0n) is 18.9. The molecule has 2 aliphatic rings. The Morgan fingerprint density at radius 1 is 1.03 bits per heavy atom. The maximum Gasteiger partial charge on any atom is 0.223 e. The number of nitrogens with zero attached hydrogens (tertiary/aromatic N) is 3. The minimum atomic E-state index is -3.46. The molecule has 0 radical (unpaired) electrons. The summed E-state index contributed by atoms with van der Waals surface area (Å²) in [6, 6.07) is 11.1. The first-order chi connectivity index (χ1) is 15.6. The molecule has 9 heteroatoms. The van der Waals surface area contributed by atoms with Crippen LogP contribution in [0.1, 0.15) is 37.3 Å². The monoisotopic (exact) mass is 477 g/mol. The van der Waals surface area contributed by atoms with E-state index in [2.05, 4.69) is 4.90 Å². The molecule has 1 fully saturated rings. The summed E-state index contributed by atoms with van der Waals surface area (Å²) in [5.41, 5.74) is 2.33. The minimum Gasteiger partial charge on any atom is -0.312 e. The molecule has 2 bridgehead atoms. The molecule has 2 aliphatic heterocycles. The molecule has 2 aromatic rings. The van der Waals surface area contributed by atoms with Gasteiger partial charge in [0.2, 0.25) is 15.9 Å². The van der Waals surface area contributed by atoms with Crippen molar-refractivity contribution in [3.05, 3.63) is 65.2 Å². The van der Waals surface area contributed by atoms with Crippen molar-refractivity contribution in [2.45, 2.75) is 51.4 Å².